The number of nitrogen functional groups attached to an aromatic ring is 1. The first-order valence-electron chi connectivity index (χ1n) is 13.9. The molecule has 0 atom stereocenters. The van der Waals surface area contributed by atoms with E-state index in [0.29, 0.717) is 42.5 Å². The highest BCUT2D eigenvalue weighted by atomic mass is 32.2. The summed E-state index contributed by atoms with van der Waals surface area (Å²) in [5.41, 5.74) is 0.393. The van der Waals surface area contributed by atoms with Crippen LogP contribution < -0.4 is 5.73 Å². The number of phenols is 2. The summed E-state index contributed by atoms with van der Waals surface area (Å²) in [6, 6.07) is 5.19. The van der Waals surface area contributed by atoms with Crippen molar-refractivity contribution in [2.24, 2.45) is 20.5 Å². The molecule has 296 valence electrons. The molecule has 56 heavy (non-hydrogen) atoms. The SMILES string of the molecule is Nc1c(N=Nc2ccc3c(O)cc(S(=O)(=O)O)cc3c2S(=O)(=O)O)cc(S(=O)(=O)O)c2cc(S(=O)(=O)O)c(N=Nc3ccc([N+](=O)[O-])cc3S(=O)(=O)O)c(O)c12. The molecule has 0 heterocycles. The van der Waals surface area contributed by atoms with Gasteiger partial charge in [-0.1, -0.05) is 0 Å². The molecular weight excluding hydrogens is 861 g/mol. The number of azo groups is 2. The number of non-ortho nitro benzene ring substituents is 1. The Bertz CT molecular complexity index is 3220. The Morgan fingerprint density at radius 3 is 1.64 bits per heavy atom. The lowest BCUT2D eigenvalue weighted by atomic mass is 10.0. The molecule has 5 aromatic carbocycles. The Balaban J connectivity index is 1.84. The molecule has 0 radical (unpaired) electrons. The Hall–Kier alpha value is -5.83. The van der Waals surface area contributed by atoms with E-state index in [2.05, 4.69) is 20.5 Å². The summed E-state index contributed by atoms with van der Waals surface area (Å²) in [5, 5.41) is 43.6. The Morgan fingerprint density at radius 1 is 0.554 bits per heavy atom. The number of nitro groups is 1. The molecule has 0 aromatic heterocycles. The van der Waals surface area contributed by atoms with Crippen LogP contribution in [0.25, 0.3) is 21.5 Å². The lowest BCUT2D eigenvalue weighted by Gasteiger charge is -2.14. The third-order valence-electron chi connectivity index (χ3n) is 7.40. The molecule has 0 aliphatic carbocycles. The van der Waals surface area contributed by atoms with Crippen molar-refractivity contribution in [1.29, 1.82) is 0 Å². The van der Waals surface area contributed by atoms with Crippen molar-refractivity contribution in [2.45, 2.75) is 24.5 Å². The van der Waals surface area contributed by atoms with Gasteiger partial charge in [-0.25, -0.2) is 0 Å². The molecule has 0 spiro atoms. The summed E-state index contributed by atoms with van der Waals surface area (Å²) in [5.74, 6) is -2.37. The first-order chi connectivity index (χ1) is 25.5. The quantitative estimate of drug-likeness (QED) is 0.0323. The summed E-state index contributed by atoms with van der Waals surface area (Å²) in [7, 11) is -26.9. The second-order valence-corrected chi connectivity index (χ2v) is 17.9. The smallest absolute Gasteiger partial charge is 0.297 e. The first kappa shape index (κ1) is 41.3. The predicted molar refractivity (Wildman–Crippen MR) is 186 cm³/mol. The second-order valence-electron chi connectivity index (χ2n) is 10.9. The molecule has 5 rings (SSSR count). The van der Waals surface area contributed by atoms with Gasteiger partial charge in [-0.15, -0.1) is 20.5 Å². The van der Waals surface area contributed by atoms with Crippen LogP contribution in [0.2, 0.25) is 0 Å². The highest BCUT2D eigenvalue weighted by Gasteiger charge is 2.30. The van der Waals surface area contributed by atoms with Crippen molar-refractivity contribution in [1.82, 2.24) is 0 Å². The Kier molecular flexibility index (Phi) is 10.1. The fourth-order valence-corrected chi connectivity index (χ4v) is 8.40. The van der Waals surface area contributed by atoms with Gasteiger partial charge in [-0.05, 0) is 36.4 Å². The lowest BCUT2D eigenvalue weighted by molar-refractivity contribution is -0.385. The maximum Gasteiger partial charge on any atom is 0.297 e. The van der Waals surface area contributed by atoms with E-state index in [1.54, 1.807) is 0 Å². The molecule has 0 aliphatic rings. The standard InChI is InChI=1S/C26H18N6O19S5/c27-23-17(30-29-16-4-2-12-13(26(16)56(49,50)51)6-11(7-18(12)33)52(37,38)39)9-19(53(40,41)42)14-8-21(55(46,47)48)24(25(34)22(14)23)31-28-15-3-1-10(32(35)36)5-20(15)54(43,44)45/h1-9,33-34H,27H2,(H,37,38,39)(H,40,41,42)(H,43,44,45)(H,46,47,48)(H,49,50,51). The number of phenolic OH excluding ortho intramolecular Hbond substituents is 2. The maximum atomic E-state index is 12.5. The van der Waals surface area contributed by atoms with E-state index in [1.807, 2.05) is 0 Å². The molecule has 5 aromatic rings. The Morgan fingerprint density at radius 2 is 1.11 bits per heavy atom. The van der Waals surface area contributed by atoms with E-state index in [0.717, 1.165) is 12.1 Å². The topological polar surface area (TPSA) is 431 Å². The molecule has 0 amide bonds. The monoisotopic (exact) mass is 878 g/mol. The third kappa shape index (κ3) is 7.94. The number of anilines is 1. The number of hydrogen-bond donors (Lipinski definition) is 8. The van der Waals surface area contributed by atoms with E-state index >= 15 is 0 Å². The highest BCUT2D eigenvalue weighted by Crippen LogP contribution is 2.49. The Labute approximate surface area is 312 Å². The highest BCUT2D eigenvalue weighted by molar-refractivity contribution is 7.87. The minimum absolute atomic E-state index is 0.303. The average Bonchev–Trinajstić information content (AvgIpc) is 3.04. The van der Waals surface area contributed by atoms with Gasteiger partial charge in [0.05, 0.1) is 20.9 Å². The van der Waals surface area contributed by atoms with Gasteiger partial charge in [0.25, 0.3) is 56.3 Å². The van der Waals surface area contributed by atoms with Crippen LogP contribution in [-0.2, 0) is 50.6 Å². The van der Waals surface area contributed by atoms with E-state index in [-0.39, 0.29) is 0 Å². The first-order valence-corrected chi connectivity index (χ1v) is 21.1. The van der Waals surface area contributed by atoms with Crippen LogP contribution in [0.15, 0.2) is 99.5 Å². The minimum Gasteiger partial charge on any atom is -0.507 e. The number of nitro benzene ring substituents is 1. The molecule has 0 unspecified atom stereocenters. The summed E-state index contributed by atoms with van der Waals surface area (Å²) in [6.45, 7) is 0. The van der Waals surface area contributed by atoms with Gasteiger partial charge in [-0.2, -0.15) is 42.1 Å². The van der Waals surface area contributed by atoms with Gasteiger partial charge in [0.1, 0.15) is 48.1 Å². The normalized spacial score (nSPS) is 13.3. The maximum absolute atomic E-state index is 12.5. The summed E-state index contributed by atoms with van der Waals surface area (Å²) >= 11 is 0. The summed E-state index contributed by atoms with van der Waals surface area (Å²) < 4.78 is 171. The van der Waals surface area contributed by atoms with Crippen LogP contribution in [0, 0.1) is 10.1 Å². The van der Waals surface area contributed by atoms with Crippen LogP contribution in [0.4, 0.5) is 34.1 Å². The van der Waals surface area contributed by atoms with Gasteiger partial charge >= 0.3 is 0 Å². The largest absolute Gasteiger partial charge is 0.507 e. The number of hydrogen-bond acceptors (Lipinski definition) is 19. The molecule has 25 nitrogen and oxygen atoms in total. The van der Waals surface area contributed by atoms with Crippen molar-refractivity contribution in [3.05, 3.63) is 64.7 Å². The van der Waals surface area contributed by atoms with E-state index in [1.165, 1.54) is 0 Å². The summed E-state index contributed by atoms with van der Waals surface area (Å²) in [6.07, 6.45) is 0. The van der Waals surface area contributed by atoms with Crippen LogP contribution in [-0.4, -0.2) is 80.0 Å². The van der Waals surface area contributed by atoms with Crippen LogP contribution in [0.3, 0.4) is 0 Å². The van der Waals surface area contributed by atoms with Crippen LogP contribution in [0.1, 0.15) is 0 Å². The van der Waals surface area contributed by atoms with Crippen LogP contribution >= 0.6 is 0 Å². The van der Waals surface area contributed by atoms with Crippen molar-refractivity contribution < 1.29 is 80.0 Å². The van der Waals surface area contributed by atoms with Gasteiger partial charge in [0, 0.05) is 34.4 Å². The van der Waals surface area contributed by atoms with Gasteiger partial charge in [0.15, 0.2) is 5.75 Å². The van der Waals surface area contributed by atoms with E-state index < -0.39 is 147 Å². The molecule has 0 fully saturated rings. The van der Waals surface area contributed by atoms with Crippen molar-refractivity contribution in [3.8, 4) is 11.5 Å². The molecule has 0 saturated heterocycles. The molecule has 0 saturated carbocycles. The zero-order valence-electron chi connectivity index (χ0n) is 26.6. The second kappa shape index (κ2) is 13.7. The lowest BCUT2D eigenvalue weighted by Crippen LogP contribution is -2.04. The van der Waals surface area contributed by atoms with Crippen molar-refractivity contribution in [2.75, 3.05) is 5.73 Å². The third-order valence-corrected chi connectivity index (χ3v) is 11.8. The van der Waals surface area contributed by atoms with E-state index in [4.69, 9.17) is 5.73 Å². The fraction of sp³-hybridized carbons (Fsp3) is 0. The number of rotatable bonds is 10. The zero-order valence-corrected chi connectivity index (χ0v) is 30.7. The number of fused-ring (bicyclic) bond motifs is 2. The molecule has 9 N–H and O–H groups in total. The molecule has 0 aliphatic heterocycles. The minimum atomic E-state index is -5.57. The van der Waals surface area contributed by atoms with Gasteiger partial charge < -0.3 is 15.9 Å². The van der Waals surface area contributed by atoms with Gasteiger partial charge in [-0.3, -0.25) is 32.9 Å². The molecule has 0 bridgehead atoms. The number of nitrogens with zero attached hydrogens (tertiary/aromatic N) is 5. The number of aromatic hydroxyl groups is 2. The average molecular weight is 879 g/mol. The molecular formula is C26H18N6O19S5. The van der Waals surface area contributed by atoms with Crippen molar-refractivity contribution in [3.63, 3.8) is 0 Å². The summed E-state index contributed by atoms with van der Waals surface area (Å²) in [4.78, 5) is 3.81. The number of nitrogens with two attached hydrogens (primary N) is 1. The van der Waals surface area contributed by atoms with Crippen LogP contribution in [0.5, 0.6) is 11.5 Å². The van der Waals surface area contributed by atoms with E-state index in [9.17, 15) is 85.2 Å². The zero-order chi connectivity index (χ0) is 42.1. The number of benzene rings is 5. The predicted octanol–water partition coefficient (Wildman–Crippen LogP) is 3.96. The van der Waals surface area contributed by atoms with Gasteiger partial charge in [0.2, 0.25) is 0 Å². The molecule has 30 heteroatoms. The van der Waals surface area contributed by atoms with Crippen molar-refractivity contribution >= 4 is 106 Å². The fourth-order valence-electron chi connectivity index (χ4n) is 5.07.